The molecule has 2 aromatic heterocycles. The van der Waals surface area contributed by atoms with E-state index in [0.717, 1.165) is 11.2 Å². The first-order valence-electron chi connectivity index (χ1n) is 10.5. The second-order valence-electron chi connectivity index (χ2n) is 8.27. The van der Waals surface area contributed by atoms with Crippen LogP contribution < -0.4 is 5.32 Å². The lowest BCUT2D eigenvalue weighted by molar-refractivity contribution is -0.0688. The van der Waals surface area contributed by atoms with E-state index in [0.29, 0.717) is 38.4 Å². The molecule has 1 aromatic carbocycles. The van der Waals surface area contributed by atoms with Gasteiger partial charge >= 0.3 is 0 Å². The van der Waals surface area contributed by atoms with Crippen LogP contribution in [0.2, 0.25) is 0 Å². The van der Waals surface area contributed by atoms with Crippen molar-refractivity contribution in [1.82, 2.24) is 23.9 Å². The molecule has 1 N–H and O–H groups in total. The van der Waals surface area contributed by atoms with Gasteiger partial charge in [-0.1, -0.05) is 12.1 Å². The molecule has 0 spiro atoms. The zero-order chi connectivity index (χ0) is 22.3. The summed E-state index contributed by atoms with van der Waals surface area (Å²) in [5.74, 6) is -0.205. The van der Waals surface area contributed by atoms with Crippen molar-refractivity contribution in [3.8, 4) is 0 Å². The molecule has 10 heteroatoms. The lowest BCUT2D eigenvalue weighted by atomic mass is 10.1. The standard InChI is InChI=1S/C22H25N5O4S/c1-25-18-12-27(13-19(25)15-31-14-18)32(29,30)20-5-2-16(3-6-20)10-24-22(28)17-4-7-21-23-8-9-26(21)11-17/h2-9,11,18-19H,10,12-15H2,1H3,(H,24,28)/t18-,19+. The Hall–Kier alpha value is -2.79. The fourth-order valence-corrected chi connectivity index (χ4v) is 5.76. The number of morpholine rings is 1. The van der Waals surface area contributed by atoms with Crippen molar-refractivity contribution in [2.45, 2.75) is 23.5 Å². The number of amides is 1. The first-order valence-corrected chi connectivity index (χ1v) is 12.0. The number of fused-ring (bicyclic) bond motifs is 3. The number of rotatable bonds is 5. The molecule has 0 radical (unpaired) electrons. The molecule has 32 heavy (non-hydrogen) atoms. The predicted octanol–water partition coefficient (Wildman–Crippen LogP) is 0.968. The van der Waals surface area contributed by atoms with Crippen LogP contribution in [0.25, 0.3) is 5.65 Å². The number of piperazine rings is 1. The number of aromatic nitrogens is 2. The predicted molar refractivity (Wildman–Crippen MR) is 118 cm³/mol. The van der Waals surface area contributed by atoms with E-state index in [2.05, 4.69) is 15.2 Å². The molecule has 0 saturated carbocycles. The van der Waals surface area contributed by atoms with Gasteiger partial charge in [-0.05, 0) is 36.9 Å². The molecule has 2 aliphatic heterocycles. The summed E-state index contributed by atoms with van der Waals surface area (Å²) in [5.41, 5.74) is 2.12. The van der Waals surface area contributed by atoms with E-state index in [1.807, 2.05) is 7.05 Å². The van der Waals surface area contributed by atoms with Gasteiger partial charge in [-0.3, -0.25) is 9.69 Å². The average molecular weight is 456 g/mol. The Morgan fingerprint density at radius 1 is 1.12 bits per heavy atom. The maximum absolute atomic E-state index is 13.2. The highest BCUT2D eigenvalue weighted by Crippen LogP contribution is 2.25. The smallest absolute Gasteiger partial charge is 0.253 e. The van der Waals surface area contributed by atoms with Gasteiger partial charge in [-0.25, -0.2) is 13.4 Å². The van der Waals surface area contributed by atoms with Crippen molar-refractivity contribution < 1.29 is 17.9 Å². The van der Waals surface area contributed by atoms with Gasteiger partial charge in [0.25, 0.3) is 5.91 Å². The van der Waals surface area contributed by atoms with Crippen LogP contribution in [0.1, 0.15) is 15.9 Å². The molecule has 3 aromatic rings. The number of hydrogen-bond donors (Lipinski definition) is 1. The number of nitrogens with zero attached hydrogens (tertiary/aromatic N) is 4. The maximum Gasteiger partial charge on any atom is 0.253 e. The third-order valence-electron chi connectivity index (χ3n) is 6.27. The molecular formula is C22H25N5O4S. The van der Waals surface area contributed by atoms with E-state index in [1.54, 1.807) is 63.7 Å². The fraction of sp³-hybridized carbons (Fsp3) is 0.364. The van der Waals surface area contributed by atoms with Gasteiger partial charge in [0.15, 0.2) is 0 Å². The van der Waals surface area contributed by atoms with Crippen molar-refractivity contribution in [2.75, 3.05) is 33.4 Å². The summed E-state index contributed by atoms with van der Waals surface area (Å²) in [7, 11) is -1.55. The van der Waals surface area contributed by atoms with Crippen LogP contribution in [-0.4, -0.2) is 78.3 Å². The number of ether oxygens (including phenoxy) is 1. The Morgan fingerprint density at radius 2 is 1.84 bits per heavy atom. The van der Waals surface area contributed by atoms with Crippen molar-refractivity contribution in [2.24, 2.45) is 0 Å². The monoisotopic (exact) mass is 455 g/mol. The second-order valence-corrected chi connectivity index (χ2v) is 10.2. The minimum atomic E-state index is -3.58. The second kappa shape index (κ2) is 8.28. The number of nitrogens with one attached hydrogen (secondary N) is 1. The Balaban J connectivity index is 1.24. The third-order valence-corrected chi connectivity index (χ3v) is 8.11. The van der Waals surface area contributed by atoms with Crippen molar-refractivity contribution >= 4 is 21.6 Å². The van der Waals surface area contributed by atoms with Gasteiger partial charge in [0, 0.05) is 50.3 Å². The van der Waals surface area contributed by atoms with E-state index >= 15 is 0 Å². The zero-order valence-electron chi connectivity index (χ0n) is 17.7. The highest BCUT2D eigenvalue weighted by Gasteiger charge is 2.40. The van der Waals surface area contributed by atoms with Gasteiger partial charge in [0.2, 0.25) is 10.0 Å². The molecule has 2 aliphatic rings. The van der Waals surface area contributed by atoms with Crippen molar-refractivity contribution in [3.63, 3.8) is 0 Å². The summed E-state index contributed by atoms with van der Waals surface area (Å²) in [6.45, 7) is 2.25. The highest BCUT2D eigenvalue weighted by molar-refractivity contribution is 7.89. The molecule has 2 atom stereocenters. The number of sulfonamides is 1. The largest absolute Gasteiger partial charge is 0.378 e. The van der Waals surface area contributed by atoms with Crippen LogP contribution in [0.5, 0.6) is 0 Å². The molecule has 2 fully saturated rings. The van der Waals surface area contributed by atoms with E-state index < -0.39 is 10.0 Å². The molecule has 2 saturated heterocycles. The van der Waals surface area contributed by atoms with Crippen molar-refractivity contribution in [1.29, 1.82) is 0 Å². The topological polar surface area (TPSA) is 96.2 Å². The summed E-state index contributed by atoms with van der Waals surface area (Å²) in [4.78, 5) is 19.1. The summed E-state index contributed by atoms with van der Waals surface area (Å²) < 4.78 is 35.3. The average Bonchev–Trinajstić information content (AvgIpc) is 3.25. The fourth-order valence-electron chi connectivity index (χ4n) is 4.24. The Morgan fingerprint density at radius 3 is 2.56 bits per heavy atom. The molecule has 2 bridgehead atoms. The minimum absolute atomic E-state index is 0.0771. The Kier molecular flexibility index (Phi) is 5.46. The molecule has 9 nitrogen and oxygen atoms in total. The number of carbonyl (C=O) groups excluding carboxylic acids is 1. The molecule has 5 rings (SSSR count). The van der Waals surface area contributed by atoms with Gasteiger partial charge in [-0.2, -0.15) is 4.31 Å². The van der Waals surface area contributed by atoms with Crippen molar-refractivity contribution in [3.05, 3.63) is 66.1 Å². The van der Waals surface area contributed by atoms with Crippen LogP contribution in [0.3, 0.4) is 0 Å². The number of hydrogen-bond acceptors (Lipinski definition) is 6. The Labute approximate surface area is 186 Å². The number of likely N-dealkylation sites (N-methyl/N-ethyl adjacent to an activating group) is 1. The van der Waals surface area contributed by atoms with E-state index in [1.165, 1.54) is 0 Å². The highest BCUT2D eigenvalue weighted by atomic mass is 32.2. The van der Waals surface area contributed by atoms with Crippen LogP contribution in [0.4, 0.5) is 0 Å². The first kappa shape index (κ1) is 21.1. The molecule has 1 amide bonds. The third kappa shape index (κ3) is 3.90. The lowest BCUT2D eigenvalue weighted by Gasteiger charge is -2.47. The van der Waals surface area contributed by atoms with Gasteiger partial charge in [0.1, 0.15) is 5.65 Å². The molecule has 4 heterocycles. The summed E-state index contributed by atoms with van der Waals surface area (Å²) in [6, 6.07) is 10.4. The van der Waals surface area contributed by atoms with Crippen LogP contribution in [-0.2, 0) is 21.3 Å². The summed E-state index contributed by atoms with van der Waals surface area (Å²) in [6.07, 6.45) is 5.19. The maximum atomic E-state index is 13.2. The molecular weight excluding hydrogens is 430 g/mol. The lowest BCUT2D eigenvalue weighted by Crippen LogP contribution is -2.63. The van der Waals surface area contributed by atoms with Crippen LogP contribution in [0.15, 0.2) is 59.9 Å². The quantitative estimate of drug-likeness (QED) is 0.616. The summed E-state index contributed by atoms with van der Waals surface area (Å²) in [5, 5.41) is 2.87. The number of imidazole rings is 1. The number of carbonyl (C=O) groups is 1. The molecule has 0 unspecified atom stereocenters. The summed E-state index contributed by atoms with van der Waals surface area (Å²) >= 11 is 0. The number of pyridine rings is 1. The van der Waals surface area contributed by atoms with E-state index in [4.69, 9.17) is 4.74 Å². The number of benzene rings is 1. The van der Waals surface area contributed by atoms with E-state index in [9.17, 15) is 13.2 Å². The van der Waals surface area contributed by atoms with E-state index in [-0.39, 0.29) is 22.9 Å². The minimum Gasteiger partial charge on any atom is -0.378 e. The SMILES string of the molecule is CN1[C@@H]2COC[C@H]1CN(S(=O)(=O)c1ccc(CNC(=O)c3ccc4nccn4c3)cc1)C2. The molecule has 0 aliphatic carbocycles. The Bertz CT molecular complexity index is 1230. The van der Waals surface area contributed by atoms with Crippen LogP contribution >= 0.6 is 0 Å². The van der Waals surface area contributed by atoms with Gasteiger partial charge in [-0.15, -0.1) is 0 Å². The van der Waals surface area contributed by atoms with Gasteiger partial charge < -0.3 is 14.5 Å². The normalized spacial score (nSPS) is 22.2. The van der Waals surface area contributed by atoms with Gasteiger partial charge in [0.05, 0.1) is 23.7 Å². The van der Waals surface area contributed by atoms with Crippen LogP contribution in [0, 0.1) is 0 Å². The zero-order valence-corrected chi connectivity index (χ0v) is 18.5. The molecule has 168 valence electrons. The first-order chi connectivity index (χ1) is 15.4.